The standard InChI is InChI=1S/C54H36N2S/c1-3-11-37(12-4-1)39-23-28-44(29-24-39)55(46-32-33-49-48-16-8-10-18-53(48)57-54(49)36-46)45-30-25-40(26-31-45)38-19-21-41(22-20-38)42-27-34-52-50(35-42)47-15-7-9-17-51(47)56(52)43-13-5-2-6-14-43/h1-36H. The number of hydrogen-bond acceptors (Lipinski definition) is 2. The lowest BCUT2D eigenvalue weighted by molar-refractivity contribution is 1.18. The maximum atomic E-state index is 2.37. The second-order valence-electron chi connectivity index (χ2n) is 14.6. The lowest BCUT2D eigenvalue weighted by Gasteiger charge is -2.26. The molecule has 9 aromatic carbocycles. The summed E-state index contributed by atoms with van der Waals surface area (Å²) in [6.07, 6.45) is 0. The molecule has 0 fully saturated rings. The second kappa shape index (κ2) is 13.8. The van der Waals surface area contributed by atoms with E-state index in [-0.39, 0.29) is 0 Å². The minimum absolute atomic E-state index is 1.12. The van der Waals surface area contributed by atoms with E-state index in [0.717, 1.165) is 17.1 Å². The van der Waals surface area contributed by atoms with Gasteiger partial charge in [-0.15, -0.1) is 11.3 Å². The molecule has 0 spiro atoms. The Balaban J connectivity index is 0.929. The fraction of sp³-hybridized carbons (Fsp3) is 0. The minimum Gasteiger partial charge on any atom is -0.310 e. The highest BCUT2D eigenvalue weighted by Crippen LogP contribution is 2.42. The molecule has 0 saturated carbocycles. The lowest BCUT2D eigenvalue weighted by Crippen LogP contribution is -2.09. The zero-order valence-electron chi connectivity index (χ0n) is 31.1. The van der Waals surface area contributed by atoms with Crippen molar-refractivity contribution in [1.82, 2.24) is 4.57 Å². The first-order valence-corrected chi connectivity index (χ1v) is 20.2. The Kier molecular flexibility index (Phi) is 8.04. The largest absolute Gasteiger partial charge is 0.310 e. The van der Waals surface area contributed by atoms with Gasteiger partial charge in [0.25, 0.3) is 0 Å². The van der Waals surface area contributed by atoms with Gasteiger partial charge in [0, 0.05) is 53.7 Å². The summed E-state index contributed by atoms with van der Waals surface area (Å²) in [6.45, 7) is 0. The summed E-state index contributed by atoms with van der Waals surface area (Å²) in [7, 11) is 0. The van der Waals surface area contributed by atoms with Crippen LogP contribution < -0.4 is 4.90 Å². The second-order valence-corrected chi connectivity index (χ2v) is 15.7. The third kappa shape index (κ3) is 5.88. The SMILES string of the molecule is c1ccc(-c2ccc(N(c3ccc(-c4ccc(-c5ccc6c(c5)c5ccccc5n6-c5ccccc5)cc4)cc3)c3ccc4c(c3)sc3ccccc34)cc2)cc1. The van der Waals surface area contributed by atoms with Crippen LogP contribution in [-0.2, 0) is 0 Å². The summed E-state index contributed by atoms with van der Waals surface area (Å²) in [6, 6.07) is 79.3. The molecule has 0 aliphatic heterocycles. The van der Waals surface area contributed by atoms with Crippen molar-refractivity contribution in [3.63, 3.8) is 0 Å². The molecule has 0 aliphatic rings. The van der Waals surface area contributed by atoms with Gasteiger partial charge in [0.1, 0.15) is 0 Å². The highest BCUT2D eigenvalue weighted by atomic mass is 32.1. The topological polar surface area (TPSA) is 8.17 Å². The van der Waals surface area contributed by atoms with Crippen molar-refractivity contribution in [2.24, 2.45) is 0 Å². The van der Waals surface area contributed by atoms with Gasteiger partial charge in [0.05, 0.1) is 11.0 Å². The fourth-order valence-electron chi connectivity index (χ4n) is 8.40. The Hall–Kier alpha value is -7.20. The van der Waals surface area contributed by atoms with Crippen LogP contribution in [0.1, 0.15) is 0 Å². The van der Waals surface area contributed by atoms with Crippen molar-refractivity contribution in [2.75, 3.05) is 4.90 Å². The van der Waals surface area contributed by atoms with Gasteiger partial charge >= 0.3 is 0 Å². The normalized spacial score (nSPS) is 11.5. The molecule has 0 amide bonds. The first-order chi connectivity index (χ1) is 28.2. The number of thiophene rings is 1. The van der Waals surface area contributed by atoms with E-state index < -0.39 is 0 Å². The van der Waals surface area contributed by atoms with Crippen LogP contribution in [0.2, 0.25) is 0 Å². The summed E-state index contributed by atoms with van der Waals surface area (Å²) < 4.78 is 4.97. The molecule has 57 heavy (non-hydrogen) atoms. The Morgan fingerprint density at radius 2 is 0.772 bits per heavy atom. The molecular weight excluding hydrogens is 709 g/mol. The number of nitrogens with zero attached hydrogens (tertiary/aromatic N) is 2. The quantitative estimate of drug-likeness (QED) is 0.158. The predicted molar refractivity (Wildman–Crippen MR) is 245 cm³/mol. The summed E-state index contributed by atoms with van der Waals surface area (Å²) in [5.41, 5.74) is 14.2. The predicted octanol–water partition coefficient (Wildman–Crippen LogP) is 15.6. The van der Waals surface area contributed by atoms with Gasteiger partial charge in [0.2, 0.25) is 0 Å². The first kappa shape index (κ1) is 33.2. The van der Waals surface area contributed by atoms with Gasteiger partial charge in [-0.3, -0.25) is 0 Å². The molecule has 3 heteroatoms. The third-order valence-corrected chi connectivity index (χ3v) is 12.4. The Bertz CT molecular complexity index is 3200. The molecule has 0 unspecified atom stereocenters. The Labute approximate surface area is 335 Å². The van der Waals surface area contributed by atoms with E-state index in [0.29, 0.717) is 0 Å². The van der Waals surface area contributed by atoms with Crippen molar-refractivity contribution in [1.29, 1.82) is 0 Å². The molecule has 0 N–H and O–H groups in total. The van der Waals surface area contributed by atoms with Gasteiger partial charge in [-0.25, -0.2) is 0 Å². The molecule has 0 aliphatic carbocycles. The van der Waals surface area contributed by atoms with E-state index >= 15 is 0 Å². The molecule has 0 atom stereocenters. The maximum absolute atomic E-state index is 2.37. The van der Waals surface area contributed by atoms with Crippen molar-refractivity contribution >= 4 is 70.4 Å². The van der Waals surface area contributed by atoms with Crippen LogP contribution in [0.3, 0.4) is 0 Å². The number of rotatable bonds is 7. The van der Waals surface area contributed by atoms with Crippen LogP contribution in [0, 0.1) is 0 Å². The monoisotopic (exact) mass is 744 g/mol. The molecule has 2 nitrogen and oxygen atoms in total. The first-order valence-electron chi connectivity index (χ1n) is 19.4. The zero-order chi connectivity index (χ0) is 37.7. The van der Waals surface area contributed by atoms with Crippen LogP contribution in [0.15, 0.2) is 218 Å². The Morgan fingerprint density at radius 3 is 1.46 bits per heavy atom. The summed E-state index contributed by atoms with van der Waals surface area (Å²) in [5.74, 6) is 0. The number of para-hydroxylation sites is 2. The molecule has 2 heterocycles. The van der Waals surface area contributed by atoms with Gasteiger partial charge in [-0.05, 0) is 106 Å². The van der Waals surface area contributed by atoms with Crippen molar-refractivity contribution in [3.05, 3.63) is 218 Å². The highest BCUT2D eigenvalue weighted by Gasteiger charge is 2.16. The van der Waals surface area contributed by atoms with Gasteiger partial charge in [-0.1, -0.05) is 146 Å². The van der Waals surface area contributed by atoms with Crippen molar-refractivity contribution in [3.8, 4) is 39.1 Å². The molecule has 0 bridgehead atoms. The lowest BCUT2D eigenvalue weighted by atomic mass is 9.98. The summed E-state index contributed by atoms with van der Waals surface area (Å²) >= 11 is 1.86. The fourth-order valence-corrected chi connectivity index (χ4v) is 9.54. The van der Waals surface area contributed by atoms with Crippen LogP contribution >= 0.6 is 11.3 Å². The van der Waals surface area contributed by atoms with Crippen LogP contribution in [0.25, 0.3) is 81.0 Å². The van der Waals surface area contributed by atoms with E-state index in [1.54, 1.807) is 0 Å². The van der Waals surface area contributed by atoms with E-state index in [2.05, 4.69) is 228 Å². The van der Waals surface area contributed by atoms with E-state index in [1.807, 2.05) is 11.3 Å². The number of aromatic nitrogens is 1. The van der Waals surface area contributed by atoms with E-state index in [1.165, 1.54) is 81.0 Å². The maximum Gasteiger partial charge on any atom is 0.0541 e. The number of anilines is 3. The molecule has 11 aromatic rings. The molecule has 2 aromatic heterocycles. The van der Waals surface area contributed by atoms with Crippen molar-refractivity contribution in [2.45, 2.75) is 0 Å². The number of hydrogen-bond donors (Lipinski definition) is 0. The van der Waals surface area contributed by atoms with E-state index in [4.69, 9.17) is 0 Å². The third-order valence-electron chi connectivity index (χ3n) is 11.2. The summed E-state index contributed by atoms with van der Waals surface area (Å²) in [5, 5.41) is 5.14. The number of fused-ring (bicyclic) bond motifs is 6. The molecule has 11 rings (SSSR count). The minimum atomic E-state index is 1.12. The Morgan fingerprint density at radius 1 is 0.298 bits per heavy atom. The molecule has 0 saturated heterocycles. The molecule has 268 valence electrons. The van der Waals surface area contributed by atoms with Crippen LogP contribution in [0.5, 0.6) is 0 Å². The smallest absolute Gasteiger partial charge is 0.0541 e. The molecular formula is C54H36N2S. The van der Waals surface area contributed by atoms with Gasteiger partial charge < -0.3 is 9.47 Å². The molecule has 0 radical (unpaired) electrons. The average molecular weight is 745 g/mol. The summed E-state index contributed by atoms with van der Waals surface area (Å²) in [4.78, 5) is 2.37. The van der Waals surface area contributed by atoms with Crippen molar-refractivity contribution < 1.29 is 0 Å². The van der Waals surface area contributed by atoms with Gasteiger partial charge in [0.15, 0.2) is 0 Å². The number of benzene rings is 9. The average Bonchev–Trinajstić information content (AvgIpc) is 3.83. The van der Waals surface area contributed by atoms with Crippen LogP contribution in [0.4, 0.5) is 17.1 Å². The zero-order valence-corrected chi connectivity index (χ0v) is 31.9. The van der Waals surface area contributed by atoms with Crippen LogP contribution in [-0.4, -0.2) is 4.57 Å². The van der Waals surface area contributed by atoms with E-state index in [9.17, 15) is 0 Å². The van der Waals surface area contributed by atoms with Gasteiger partial charge in [-0.2, -0.15) is 0 Å². The highest BCUT2D eigenvalue weighted by molar-refractivity contribution is 7.25.